The Morgan fingerprint density at radius 3 is 3.20 bits per heavy atom. The van der Waals surface area contributed by atoms with E-state index in [4.69, 9.17) is 4.74 Å². The van der Waals surface area contributed by atoms with Crippen LogP contribution in [0, 0.1) is 0 Å². The van der Waals surface area contributed by atoms with Gasteiger partial charge in [-0.1, -0.05) is 19.1 Å². The van der Waals surface area contributed by atoms with Crippen LogP contribution in [0.1, 0.15) is 22.8 Å². The van der Waals surface area contributed by atoms with Crippen LogP contribution in [-0.4, -0.2) is 23.9 Å². The first-order valence-electron chi connectivity index (χ1n) is 5.18. The maximum absolute atomic E-state index is 11.9. The van der Waals surface area contributed by atoms with E-state index in [0.717, 1.165) is 23.5 Å². The van der Waals surface area contributed by atoms with Gasteiger partial charge >= 0.3 is 0 Å². The fraction of sp³-hybridized carbons (Fsp3) is 0.417. The summed E-state index contributed by atoms with van der Waals surface area (Å²) in [4.78, 5) is 11.9. The molecule has 0 N–H and O–H groups in total. The van der Waals surface area contributed by atoms with Gasteiger partial charge in [-0.05, 0) is 17.4 Å². The predicted octanol–water partition coefficient (Wildman–Crippen LogP) is 2.56. The minimum Gasteiger partial charge on any atom is -0.492 e. The Labute approximate surface area is 94.0 Å². The molecule has 15 heavy (non-hydrogen) atoms. The lowest BCUT2D eigenvalue weighted by Crippen LogP contribution is -2.04. The van der Waals surface area contributed by atoms with E-state index >= 15 is 0 Å². The van der Waals surface area contributed by atoms with Crippen LogP contribution in [-0.2, 0) is 6.42 Å². The molecule has 0 bridgehead atoms. The minimum absolute atomic E-state index is 0.181. The number of ether oxygens (including phenoxy) is 1. The van der Waals surface area contributed by atoms with E-state index in [2.05, 4.69) is 6.92 Å². The Kier molecular flexibility index (Phi) is 3.31. The topological polar surface area (TPSA) is 26.3 Å². The first-order valence-corrected chi connectivity index (χ1v) is 6.34. The van der Waals surface area contributed by atoms with Crippen molar-refractivity contribution in [2.45, 2.75) is 13.3 Å². The van der Waals surface area contributed by atoms with Gasteiger partial charge in [-0.15, -0.1) is 0 Å². The van der Waals surface area contributed by atoms with E-state index in [1.54, 1.807) is 11.8 Å². The van der Waals surface area contributed by atoms with Crippen molar-refractivity contribution in [3.05, 3.63) is 29.3 Å². The molecule has 1 aromatic carbocycles. The molecule has 0 unspecified atom stereocenters. The quantitative estimate of drug-likeness (QED) is 0.732. The Bertz CT molecular complexity index is 374. The number of fused-ring (bicyclic) bond motifs is 1. The molecule has 1 aliphatic rings. The molecule has 0 spiro atoms. The van der Waals surface area contributed by atoms with E-state index < -0.39 is 0 Å². The van der Waals surface area contributed by atoms with Crippen molar-refractivity contribution in [1.82, 2.24) is 0 Å². The number of carbonyl (C=O) groups is 1. The van der Waals surface area contributed by atoms with Crippen molar-refractivity contribution >= 4 is 17.5 Å². The molecule has 0 aliphatic carbocycles. The molecule has 2 nitrogen and oxygen atoms in total. The lowest BCUT2D eigenvalue weighted by molar-refractivity contribution is 0.101. The van der Waals surface area contributed by atoms with E-state index in [9.17, 15) is 4.79 Å². The third-order valence-corrected chi connectivity index (χ3v) is 3.33. The number of hydrogen-bond acceptors (Lipinski definition) is 3. The van der Waals surface area contributed by atoms with Gasteiger partial charge in [-0.3, -0.25) is 4.79 Å². The molecule has 0 aromatic heterocycles. The molecule has 0 saturated heterocycles. The highest BCUT2D eigenvalue weighted by Gasteiger charge is 2.19. The minimum atomic E-state index is 0.181. The van der Waals surface area contributed by atoms with Gasteiger partial charge in [0, 0.05) is 6.42 Å². The van der Waals surface area contributed by atoms with Crippen LogP contribution in [0.3, 0.4) is 0 Å². The van der Waals surface area contributed by atoms with E-state index in [1.807, 2.05) is 18.2 Å². The molecule has 0 radical (unpaired) electrons. The molecule has 1 aromatic rings. The number of rotatable bonds is 4. The first-order chi connectivity index (χ1) is 7.33. The van der Waals surface area contributed by atoms with Crippen LogP contribution >= 0.6 is 11.8 Å². The summed E-state index contributed by atoms with van der Waals surface area (Å²) in [6, 6.07) is 5.84. The summed E-state index contributed by atoms with van der Waals surface area (Å²) in [5, 5.41) is 0. The number of benzene rings is 1. The van der Waals surface area contributed by atoms with Crippen molar-refractivity contribution in [3.63, 3.8) is 0 Å². The number of thioether (sulfide) groups is 1. The number of para-hydroxylation sites is 1. The second kappa shape index (κ2) is 4.71. The van der Waals surface area contributed by atoms with Crippen LogP contribution in [0.2, 0.25) is 0 Å². The van der Waals surface area contributed by atoms with E-state index in [0.29, 0.717) is 12.4 Å². The monoisotopic (exact) mass is 222 g/mol. The standard InChI is InChI=1S/C12H14O2S/c1-2-15-8-11(13)10-5-3-4-9-6-7-14-12(9)10/h3-5H,2,6-8H2,1H3. The van der Waals surface area contributed by atoms with Crippen molar-refractivity contribution in [2.24, 2.45) is 0 Å². The molecule has 0 amide bonds. The zero-order valence-electron chi connectivity index (χ0n) is 8.79. The van der Waals surface area contributed by atoms with E-state index in [1.165, 1.54) is 5.56 Å². The second-order valence-electron chi connectivity index (χ2n) is 3.45. The lowest BCUT2D eigenvalue weighted by atomic mass is 10.1. The summed E-state index contributed by atoms with van der Waals surface area (Å²) in [5.41, 5.74) is 1.92. The summed E-state index contributed by atoms with van der Waals surface area (Å²) in [6.45, 7) is 2.77. The summed E-state index contributed by atoms with van der Waals surface area (Å²) in [6.07, 6.45) is 0.928. The summed E-state index contributed by atoms with van der Waals surface area (Å²) in [7, 11) is 0. The number of hydrogen-bond donors (Lipinski definition) is 0. The third kappa shape index (κ3) is 2.17. The van der Waals surface area contributed by atoms with Gasteiger partial charge in [-0.25, -0.2) is 0 Å². The molecular weight excluding hydrogens is 208 g/mol. The van der Waals surface area contributed by atoms with Gasteiger partial charge in [0.1, 0.15) is 5.75 Å². The third-order valence-electron chi connectivity index (χ3n) is 2.45. The average molecular weight is 222 g/mol. The Morgan fingerprint density at radius 1 is 1.53 bits per heavy atom. The number of Topliss-reactive ketones (excluding diaryl/α,β-unsaturated/α-hetero) is 1. The molecule has 0 atom stereocenters. The molecular formula is C12H14O2S. The summed E-state index contributed by atoms with van der Waals surface area (Å²) < 4.78 is 5.50. The molecule has 80 valence electrons. The Hall–Kier alpha value is -0.960. The summed E-state index contributed by atoms with van der Waals surface area (Å²) in [5.74, 6) is 2.53. The highest BCUT2D eigenvalue weighted by atomic mass is 32.2. The zero-order chi connectivity index (χ0) is 10.7. The van der Waals surface area contributed by atoms with Gasteiger partial charge < -0.3 is 4.74 Å². The zero-order valence-corrected chi connectivity index (χ0v) is 9.60. The van der Waals surface area contributed by atoms with Crippen LogP contribution in [0.4, 0.5) is 0 Å². The maximum Gasteiger partial charge on any atom is 0.176 e. The van der Waals surface area contributed by atoms with Gasteiger partial charge in [0.2, 0.25) is 0 Å². The van der Waals surface area contributed by atoms with Gasteiger partial charge in [0.25, 0.3) is 0 Å². The maximum atomic E-state index is 11.9. The smallest absolute Gasteiger partial charge is 0.176 e. The van der Waals surface area contributed by atoms with Crippen molar-refractivity contribution < 1.29 is 9.53 Å². The fourth-order valence-corrected chi connectivity index (χ4v) is 2.25. The normalized spacial score (nSPS) is 13.4. The molecule has 0 fully saturated rings. The van der Waals surface area contributed by atoms with Gasteiger partial charge in [0.15, 0.2) is 5.78 Å². The van der Waals surface area contributed by atoms with Crippen LogP contribution < -0.4 is 4.74 Å². The lowest BCUT2D eigenvalue weighted by Gasteiger charge is -2.06. The van der Waals surface area contributed by atoms with Crippen LogP contribution in [0.5, 0.6) is 5.75 Å². The highest BCUT2D eigenvalue weighted by molar-refractivity contribution is 7.99. The number of ketones is 1. The molecule has 0 saturated carbocycles. The predicted molar refractivity (Wildman–Crippen MR) is 63.0 cm³/mol. The summed E-state index contributed by atoms with van der Waals surface area (Å²) >= 11 is 1.65. The van der Waals surface area contributed by atoms with Crippen LogP contribution in [0.15, 0.2) is 18.2 Å². The average Bonchev–Trinajstić information content (AvgIpc) is 2.73. The molecule has 1 heterocycles. The van der Waals surface area contributed by atoms with Crippen LogP contribution in [0.25, 0.3) is 0 Å². The second-order valence-corrected chi connectivity index (χ2v) is 4.73. The molecule has 1 aliphatic heterocycles. The number of carbonyl (C=O) groups excluding carboxylic acids is 1. The largest absolute Gasteiger partial charge is 0.492 e. The van der Waals surface area contributed by atoms with E-state index in [-0.39, 0.29) is 5.78 Å². The first kappa shape index (κ1) is 10.6. The van der Waals surface area contributed by atoms with Crippen molar-refractivity contribution in [2.75, 3.05) is 18.1 Å². The SMILES string of the molecule is CCSCC(=O)c1cccc2c1OCC2. The van der Waals surface area contributed by atoms with Gasteiger partial charge in [0.05, 0.1) is 17.9 Å². The molecule has 2 rings (SSSR count). The van der Waals surface area contributed by atoms with Crippen molar-refractivity contribution in [1.29, 1.82) is 0 Å². The molecule has 3 heteroatoms. The highest BCUT2D eigenvalue weighted by Crippen LogP contribution is 2.30. The van der Waals surface area contributed by atoms with Crippen molar-refractivity contribution in [3.8, 4) is 5.75 Å². The Morgan fingerprint density at radius 2 is 2.40 bits per heavy atom. The fourth-order valence-electron chi connectivity index (χ4n) is 1.71. The Balaban J connectivity index is 2.21. The van der Waals surface area contributed by atoms with Gasteiger partial charge in [-0.2, -0.15) is 11.8 Å².